The molecule has 1 aliphatic carbocycles. The van der Waals surface area contributed by atoms with Gasteiger partial charge in [-0.3, -0.25) is 4.79 Å². The fourth-order valence-corrected chi connectivity index (χ4v) is 5.70. The Hall–Kier alpha value is -3.59. The molecule has 0 amide bonds. The predicted octanol–water partition coefficient (Wildman–Crippen LogP) is 6.01. The molecule has 0 bridgehead atoms. The summed E-state index contributed by atoms with van der Waals surface area (Å²) in [6.45, 7) is 4.23. The van der Waals surface area contributed by atoms with Crippen LogP contribution in [0.3, 0.4) is 0 Å². The Morgan fingerprint density at radius 3 is 2.43 bits per heavy atom. The smallest absolute Gasteiger partial charge is 0.336 e. The summed E-state index contributed by atoms with van der Waals surface area (Å²) in [6, 6.07) is 21.2. The fourth-order valence-electron chi connectivity index (χ4n) is 4.92. The Balaban J connectivity index is 1.62. The van der Waals surface area contributed by atoms with Gasteiger partial charge < -0.3 is 19.5 Å². The van der Waals surface area contributed by atoms with E-state index in [1.165, 1.54) is 0 Å². The predicted molar refractivity (Wildman–Crippen MR) is 149 cm³/mol. The van der Waals surface area contributed by atoms with Gasteiger partial charge in [0, 0.05) is 28.3 Å². The van der Waals surface area contributed by atoms with E-state index >= 15 is 0 Å². The number of fused-ring (bicyclic) bond motifs is 2. The van der Waals surface area contributed by atoms with E-state index in [4.69, 9.17) is 14.2 Å². The van der Waals surface area contributed by atoms with Gasteiger partial charge in [0.1, 0.15) is 6.61 Å². The molecule has 0 radical (unpaired) electrons. The number of carbonyl (C=O) groups is 2. The second kappa shape index (κ2) is 10.4. The molecule has 0 unspecified atom stereocenters. The van der Waals surface area contributed by atoms with Crippen molar-refractivity contribution in [1.29, 1.82) is 0 Å². The maximum absolute atomic E-state index is 13.7. The first kappa shape index (κ1) is 25.1. The molecule has 0 aromatic heterocycles. The summed E-state index contributed by atoms with van der Waals surface area (Å²) in [5.74, 6) is -0.0386. The molecule has 6 nitrogen and oxygen atoms in total. The summed E-state index contributed by atoms with van der Waals surface area (Å²) in [4.78, 5) is 26.9. The summed E-state index contributed by atoms with van der Waals surface area (Å²) in [6.07, 6.45) is 0. The van der Waals surface area contributed by atoms with Crippen molar-refractivity contribution in [3.8, 4) is 11.5 Å². The molecule has 1 N–H and O–H groups in total. The molecule has 1 atom stereocenters. The number of esters is 1. The third-order valence-corrected chi connectivity index (χ3v) is 7.36. The molecule has 1 aliphatic heterocycles. The number of allylic oxidation sites excluding steroid dienone is 2. The zero-order valence-corrected chi connectivity index (χ0v) is 22.9. The Labute approximate surface area is 229 Å². The van der Waals surface area contributed by atoms with Crippen molar-refractivity contribution in [3.63, 3.8) is 0 Å². The Bertz CT molecular complexity index is 1460. The van der Waals surface area contributed by atoms with Gasteiger partial charge in [-0.2, -0.15) is 0 Å². The number of halogens is 1. The van der Waals surface area contributed by atoms with E-state index in [1.807, 2.05) is 73.7 Å². The van der Waals surface area contributed by atoms with E-state index in [-0.39, 0.29) is 12.4 Å². The fraction of sp³-hybridized carbons (Fsp3) is 0.200. The summed E-state index contributed by atoms with van der Waals surface area (Å²) >= 11 is 2.21. The lowest BCUT2D eigenvalue weighted by molar-refractivity contribution is -0.138. The van der Waals surface area contributed by atoms with Crippen molar-refractivity contribution in [3.05, 3.63) is 109 Å². The normalized spacial score (nSPS) is 16.2. The molecule has 37 heavy (non-hydrogen) atoms. The van der Waals surface area contributed by atoms with Crippen LogP contribution in [0.25, 0.3) is 5.70 Å². The molecule has 3 aromatic rings. The van der Waals surface area contributed by atoms with Gasteiger partial charge in [0.25, 0.3) is 0 Å². The van der Waals surface area contributed by atoms with Crippen LogP contribution >= 0.6 is 22.6 Å². The van der Waals surface area contributed by atoms with Crippen LogP contribution < -0.4 is 14.8 Å². The molecule has 0 spiro atoms. The van der Waals surface area contributed by atoms with Crippen LogP contribution in [0.5, 0.6) is 11.5 Å². The highest BCUT2D eigenvalue weighted by atomic mass is 127. The monoisotopic (exact) mass is 607 g/mol. The molecule has 7 heteroatoms. The zero-order valence-electron chi connectivity index (χ0n) is 20.8. The third-order valence-electron chi connectivity index (χ3n) is 6.56. The maximum Gasteiger partial charge on any atom is 0.336 e. The van der Waals surface area contributed by atoms with Gasteiger partial charge in [-0.15, -0.1) is 0 Å². The molecule has 1 heterocycles. The van der Waals surface area contributed by atoms with E-state index < -0.39 is 11.9 Å². The van der Waals surface area contributed by atoms with E-state index in [1.54, 1.807) is 14.0 Å². The van der Waals surface area contributed by atoms with Gasteiger partial charge in [0.15, 0.2) is 17.3 Å². The molecule has 188 valence electrons. The number of Topliss-reactive ketones (excluding diaryl/α,β-unsaturated/α-hetero) is 1. The van der Waals surface area contributed by atoms with Gasteiger partial charge in [-0.05, 0) is 59.7 Å². The van der Waals surface area contributed by atoms with Crippen molar-refractivity contribution >= 4 is 40.0 Å². The summed E-state index contributed by atoms with van der Waals surface area (Å²) in [5.41, 5.74) is 5.58. The van der Waals surface area contributed by atoms with E-state index in [9.17, 15) is 9.59 Å². The van der Waals surface area contributed by atoms with Crippen LogP contribution in [-0.2, 0) is 16.1 Å². The second-order valence-electron chi connectivity index (χ2n) is 8.79. The van der Waals surface area contributed by atoms with Crippen LogP contribution in [-0.4, -0.2) is 25.5 Å². The second-order valence-corrected chi connectivity index (χ2v) is 9.95. The van der Waals surface area contributed by atoms with Crippen molar-refractivity contribution in [2.45, 2.75) is 26.4 Å². The first-order chi connectivity index (χ1) is 17.9. The van der Waals surface area contributed by atoms with Gasteiger partial charge in [-0.1, -0.05) is 54.6 Å². The number of dihydropyridines is 1. The quantitative estimate of drug-likeness (QED) is 0.262. The number of methoxy groups -OCH3 is 1. The van der Waals surface area contributed by atoms with Crippen LogP contribution in [0, 0.1) is 3.57 Å². The third kappa shape index (κ3) is 4.52. The lowest BCUT2D eigenvalue weighted by atomic mass is 9.79. The molecule has 0 saturated carbocycles. The molecule has 0 saturated heterocycles. The minimum Gasteiger partial charge on any atom is -0.493 e. The highest BCUT2D eigenvalue weighted by Gasteiger charge is 2.43. The molecule has 3 aromatic carbocycles. The van der Waals surface area contributed by atoms with E-state index in [0.717, 1.165) is 26.0 Å². The highest BCUT2D eigenvalue weighted by Crippen LogP contribution is 2.48. The minimum atomic E-state index is -0.624. The number of nitrogens with one attached hydrogen (secondary N) is 1. The lowest BCUT2D eigenvalue weighted by Crippen LogP contribution is -2.29. The SMILES string of the molecule is CCOC(=O)C1=C(C)NC2=C(C(=O)c3ccccc32)[C@H]1c1cc(I)c(OCc2ccccc2)c(OC)c1. The highest BCUT2D eigenvalue weighted by molar-refractivity contribution is 14.1. The first-order valence-corrected chi connectivity index (χ1v) is 13.1. The minimum absolute atomic E-state index is 0.101. The van der Waals surface area contributed by atoms with Gasteiger partial charge >= 0.3 is 5.97 Å². The number of rotatable bonds is 7. The van der Waals surface area contributed by atoms with Crippen LogP contribution in [0.15, 0.2) is 83.6 Å². The van der Waals surface area contributed by atoms with Gasteiger partial charge in [0.05, 0.1) is 28.6 Å². The van der Waals surface area contributed by atoms with Crippen LogP contribution in [0.4, 0.5) is 0 Å². The van der Waals surface area contributed by atoms with Crippen LogP contribution in [0.1, 0.15) is 46.8 Å². The lowest BCUT2D eigenvalue weighted by Gasteiger charge is -2.30. The number of benzene rings is 3. The summed E-state index contributed by atoms with van der Waals surface area (Å²) < 4.78 is 18.1. The average Bonchev–Trinajstić information content (AvgIpc) is 3.18. The van der Waals surface area contributed by atoms with E-state index in [0.29, 0.717) is 40.5 Å². The summed E-state index contributed by atoms with van der Waals surface area (Å²) in [5, 5.41) is 3.33. The largest absolute Gasteiger partial charge is 0.493 e. The molecule has 2 aliphatic rings. The summed E-state index contributed by atoms with van der Waals surface area (Å²) in [7, 11) is 1.58. The van der Waals surface area contributed by atoms with Gasteiger partial charge in [-0.25, -0.2) is 4.79 Å². The Morgan fingerprint density at radius 1 is 1.03 bits per heavy atom. The van der Waals surface area contributed by atoms with Crippen molar-refractivity contribution < 1.29 is 23.8 Å². The molecule has 0 fully saturated rings. The standard InChI is InChI=1S/C30H26INO5/c1-4-36-30(34)24-17(2)32-27-20-12-8-9-13-21(20)28(33)26(27)25(24)19-14-22(31)29(23(15-19)35-3)37-16-18-10-6-5-7-11-18/h5-15,25,32H,4,16H2,1-3H3/t25-/m0/s1. The number of ketones is 1. The maximum atomic E-state index is 13.7. The van der Waals surface area contributed by atoms with Gasteiger partial charge in [0.2, 0.25) is 0 Å². The first-order valence-electron chi connectivity index (χ1n) is 12.0. The topological polar surface area (TPSA) is 73.9 Å². The molecular weight excluding hydrogens is 581 g/mol. The van der Waals surface area contributed by atoms with Crippen molar-refractivity contribution in [2.75, 3.05) is 13.7 Å². The van der Waals surface area contributed by atoms with E-state index in [2.05, 4.69) is 27.9 Å². The van der Waals surface area contributed by atoms with Crippen molar-refractivity contribution in [1.82, 2.24) is 5.32 Å². The Morgan fingerprint density at radius 2 is 1.73 bits per heavy atom. The number of hydrogen-bond donors (Lipinski definition) is 1. The number of carbonyl (C=O) groups excluding carboxylic acids is 2. The average molecular weight is 607 g/mol. The van der Waals surface area contributed by atoms with Crippen molar-refractivity contribution in [2.24, 2.45) is 0 Å². The molecular formula is C30H26INO5. The van der Waals surface area contributed by atoms with Crippen LogP contribution in [0.2, 0.25) is 0 Å². The number of ether oxygens (including phenoxy) is 3. The zero-order chi connectivity index (χ0) is 26.1. The molecule has 5 rings (SSSR count). The Kier molecular flexibility index (Phi) is 7.06. The number of hydrogen-bond acceptors (Lipinski definition) is 6.